The minimum atomic E-state index is -3.48. The Balaban J connectivity index is 0.00000242. The summed E-state index contributed by atoms with van der Waals surface area (Å²) < 4.78 is 28.5. The van der Waals surface area contributed by atoms with Gasteiger partial charge in [-0.1, -0.05) is 29.8 Å². The molecule has 0 amide bonds. The average molecular weight is 412 g/mol. The molecule has 126 valence electrons. The molecule has 1 heterocycles. The summed E-state index contributed by atoms with van der Waals surface area (Å²) in [6.45, 7) is 8.69. The molecule has 0 aromatic heterocycles. The Hall–Kier alpha value is -0.140. The topological polar surface area (TPSA) is 63.4 Å². The highest BCUT2D eigenvalue weighted by Crippen LogP contribution is 2.33. The van der Waals surface area contributed by atoms with Gasteiger partial charge in [-0.05, 0) is 48.9 Å². The van der Waals surface area contributed by atoms with E-state index in [9.17, 15) is 8.42 Å². The van der Waals surface area contributed by atoms with Gasteiger partial charge >= 0.3 is 0 Å². The highest BCUT2D eigenvalue weighted by Gasteiger charge is 2.39. The van der Waals surface area contributed by atoms with Crippen molar-refractivity contribution in [2.75, 3.05) is 13.1 Å². The molecule has 0 bridgehead atoms. The maximum atomic E-state index is 13.0. The van der Waals surface area contributed by atoms with Crippen molar-refractivity contribution in [3.63, 3.8) is 0 Å². The summed E-state index contributed by atoms with van der Waals surface area (Å²) in [7, 11) is -3.48. The zero-order valence-electron chi connectivity index (χ0n) is 13.4. The van der Waals surface area contributed by atoms with Crippen LogP contribution in [0.1, 0.15) is 31.4 Å². The van der Waals surface area contributed by atoms with E-state index in [0.717, 1.165) is 15.6 Å². The molecule has 1 saturated heterocycles. The van der Waals surface area contributed by atoms with Crippen molar-refractivity contribution < 1.29 is 8.42 Å². The third-order valence-electron chi connectivity index (χ3n) is 4.30. The smallest absolute Gasteiger partial charge is 0.243 e. The van der Waals surface area contributed by atoms with Crippen LogP contribution in [-0.4, -0.2) is 31.9 Å². The Morgan fingerprint density at radius 2 is 1.77 bits per heavy atom. The lowest BCUT2D eigenvalue weighted by Gasteiger charge is -2.42. The number of sulfonamides is 1. The van der Waals surface area contributed by atoms with Crippen molar-refractivity contribution in [1.82, 2.24) is 4.31 Å². The molecule has 1 atom stereocenters. The van der Waals surface area contributed by atoms with Gasteiger partial charge in [-0.15, -0.1) is 12.4 Å². The molecule has 1 unspecified atom stereocenters. The molecule has 1 aromatic rings. The summed E-state index contributed by atoms with van der Waals surface area (Å²) in [5.41, 5.74) is 7.45. The van der Waals surface area contributed by atoms with Gasteiger partial charge in [0, 0.05) is 23.6 Å². The third-order valence-corrected chi connectivity index (χ3v) is 6.91. The monoisotopic (exact) mass is 410 g/mol. The number of rotatable bonds is 2. The number of hydrogen-bond donors (Lipinski definition) is 1. The predicted molar refractivity (Wildman–Crippen MR) is 96.0 cm³/mol. The first-order chi connectivity index (χ1) is 9.55. The van der Waals surface area contributed by atoms with E-state index < -0.39 is 10.0 Å². The van der Waals surface area contributed by atoms with Gasteiger partial charge < -0.3 is 5.73 Å². The molecular formula is C15H24BrClN2O2S. The van der Waals surface area contributed by atoms with E-state index in [1.54, 1.807) is 4.31 Å². The Kier molecular flexibility index (Phi) is 6.13. The van der Waals surface area contributed by atoms with Crippen molar-refractivity contribution in [2.45, 2.75) is 45.1 Å². The molecule has 0 radical (unpaired) electrons. The van der Waals surface area contributed by atoms with Crippen molar-refractivity contribution in [2.24, 2.45) is 11.1 Å². The summed E-state index contributed by atoms with van der Waals surface area (Å²) in [5, 5.41) is 0. The molecule has 1 aliphatic heterocycles. The average Bonchev–Trinajstić information content (AvgIpc) is 2.30. The SMILES string of the molecule is Cc1cc(Br)cc(C)c1S(=O)(=O)N1CCC(N)C(C)(C)C1.Cl. The molecule has 1 aromatic carbocycles. The van der Waals surface area contributed by atoms with Crippen LogP contribution >= 0.6 is 28.3 Å². The second-order valence-corrected chi connectivity index (χ2v) is 9.38. The van der Waals surface area contributed by atoms with Gasteiger partial charge in [0.15, 0.2) is 0 Å². The van der Waals surface area contributed by atoms with Gasteiger partial charge in [0.05, 0.1) is 4.90 Å². The van der Waals surface area contributed by atoms with Gasteiger partial charge in [-0.3, -0.25) is 0 Å². The normalized spacial score (nSPS) is 22.2. The van der Waals surface area contributed by atoms with Crippen LogP contribution in [0.2, 0.25) is 0 Å². The van der Waals surface area contributed by atoms with E-state index in [2.05, 4.69) is 15.9 Å². The third kappa shape index (κ3) is 3.67. The van der Waals surface area contributed by atoms with E-state index in [1.807, 2.05) is 39.8 Å². The maximum absolute atomic E-state index is 13.0. The van der Waals surface area contributed by atoms with Crippen LogP contribution in [-0.2, 0) is 10.0 Å². The quantitative estimate of drug-likeness (QED) is 0.812. The Morgan fingerprint density at radius 3 is 2.23 bits per heavy atom. The number of hydrogen-bond acceptors (Lipinski definition) is 3. The van der Waals surface area contributed by atoms with Gasteiger partial charge in [0.25, 0.3) is 0 Å². The molecule has 22 heavy (non-hydrogen) atoms. The second kappa shape index (κ2) is 6.77. The molecule has 0 saturated carbocycles. The van der Waals surface area contributed by atoms with Gasteiger partial charge in [-0.2, -0.15) is 4.31 Å². The van der Waals surface area contributed by atoms with Gasteiger partial charge in [0.1, 0.15) is 0 Å². The zero-order valence-corrected chi connectivity index (χ0v) is 16.6. The van der Waals surface area contributed by atoms with Crippen LogP contribution in [0.15, 0.2) is 21.5 Å². The fourth-order valence-electron chi connectivity index (χ4n) is 2.96. The number of nitrogens with two attached hydrogens (primary N) is 1. The molecule has 2 rings (SSSR count). The number of nitrogens with zero attached hydrogens (tertiary/aromatic N) is 1. The Morgan fingerprint density at radius 1 is 1.27 bits per heavy atom. The number of aryl methyl sites for hydroxylation is 2. The van der Waals surface area contributed by atoms with Crippen LogP contribution in [0.3, 0.4) is 0 Å². The predicted octanol–water partition coefficient (Wildman–Crippen LogP) is 3.24. The van der Waals surface area contributed by atoms with Gasteiger partial charge in [-0.25, -0.2) is 8.42 Å². The van der Waals surface area contributed by atoms with E-state index in [-0.39, 0.29) is 23.9 Å². The van der Waals surface area contributed by atoms with Crippen LogP contribution in [0.25, 0.3) is 0 Å². The minimum Gasteiger partial charge on any atom is -0.327 e. The fourth-order valence-corrected chi connectivity index (χ4v) is 5.69. The van der Waals surface area contributed by atoms with Crippen LogP contribution < -0.4 is 5.73 Å². The molecule has 1 aliphatic rings. The highest BCUT2D eigenvalue weighted by atomic mass is 79.9. The minimum absolute atomic E-state index is 0. The van der Waals surface area contributed by atoms with Crippen molar-refractivity contribution in [3.8, 4) is 0 Å². The lowest BCUT2D eigenvalue weighted by Crippen LogP contribution is -2.54. The van der Waals surface area contributed by atoms with E-state index in [1.165, 1.54) is 0 Å². The Labute approximate surface area is 148 Å². The summed E-state index contributed by atoms with van der Waals surface area (Å²) in [6, 6.07) is 3.73. The van der Waals surface area contributed by atoms with Crippen LogP contribution in [0.5, 0.6) is 0 Å². The van der Waals surface area contributed by atoms with Crippen molar-refractivity contribution in [3.05, 3.63) is 27.7 Å². The molecule has 4 nitrogen and oxygen atoms in total. The lowest BCUT2D eigenvalue weighted by molar-refractivity contribution is 0.155. The summed E-state index contributed by atoms with van der Waals surface area (Å²) in [4.78, 5) is 0.428. The largest absolute Gasteiger partial charge is 0.327 e. The van der Waals surface area contributed by atoms with Crippen molar-refractivity contribution in [1.29, 1.82) is 0 Å². The van der Waals surface area contributed by atoms with E-state index in [4.69, 9.17) is 5.73 Å². The summed E-state index contributed by atoms with van der Waals surface area (Å²) >= 11 is 3.41. The van der Waals surface area contributed by atoms with Crippen molar-refractivity contribution >= 4 is 38.4 Å². The molecule has 0 aliphatic carbocycles. The summed E-state index contributed by atoms with van der Waals surface area (Å²) in [5.74, 6) is 0. The number of benzene rings is 1. The zero-order chi connectivity index (χ0) is 16.0. The molecule has 2 N–H and O–H groups in total. The Bertz CT molecular complexity index is 639. The molecule has 1 fully saturated rings. The first-order valence-electron chi connectivity index (χ1n) is 7.08. The van der Waals surface area contributed by atoms with Crippen LogP contribution in [0.4, 0.5) is 0 Å². The standard InChI is InChI=1S/C15H23BrN2O2S.ClH/c1-10-7-12(16)8-11(2)14(10)21(19,20)18-6-5-13(17)15(3,4)9-18;/h7-8,13H,5-6,9,17H2,1-4H3;1H. The molecule has 0 spiro atoms. The highest BCUT2D eigenvalue weighted by molar-refractivity contribution is 9.10. The van der Waals surface area contributed by atoms with Gasteiger partial charge in [0.2, 0.25) is 10.0 Å². The van der Waals surface area contributed by atoms with E-state index in [0.29, 0.717) is 24.4 Å². The maximum Gasteiger partial charge on any atom is 0.243 e. The van der Waals surface area contributed by atoms with Crippen LogP contribution in [0, 0.1) is 19.3 Å². The molecular weight excluding hydrogens is 388 g/mol. The first-order valence-corrected chi connectivity index (χ1v) is 9.31. The lowest BCUT2D eigenvalue weighted by atomic mass is 9.81. The number of piperidine rings is 1. The van der Waals surface area contributed by atoms with E-state index >= 15 is 0 Å². The fraction of sp³-hybridized carbons (Fsp3) is 0.600. The first kappa shape index (κ1) is 19.9. The second-order valence-electron chi connectivity index (χ2n) is 6.59. The number of halogens is 2. The summed E-state index contributed by atoms with van der Waals surface area (Å²) in [6.07, 6.45) is 0.695. The molecule has 7 heteroatoms.